The number of rotatable bonds is 8. The van der Waals surface area contributed by atoms with Gasteiger partial charge in [0.05, 0.1) is 29.9 Å². The van der Waals surface area contributed by atoms with Gasteiger partial charge in [0.15, 0.2) is 0 Å². The van der Waals surface area contributed by atoms with Gasteiger partial charge in [-0.15, -0.1) is 0 Å². The zero-order chi connectivity index (χ0) is 22.5. The van der Waals surface area contributed by atoms with E-state index >= 15 is 0 Å². The Hall–Kier alpha value is -3.35. The van der Waals surface area contributed by atoms with Gasteiger partial charge in [-0.1, -0.05) is 0 Å². The summed E-state index contributed by atoms with van der Waals surface area (Å²) in [7, 11) is 0. The van der Waals surface area contributed by atoms with Crippen molar-refractivity contribution >= 4 is 22.6 Å². The van der Waals surface area contributed by atoms with Crippen molar-refractivity contribution in [2.45, 2.75) is 47.6 Å². The van der Waals surface area contributed by atoms with Gasteiger partial charge in [0, 0.05) is 19.0 Å². The van der Waals surface area contributed by atoms with E-state index in [2.05, 4.69) is 10.3 Å². The van der Waals surface area contributed by atoms with E-state index < -0.39 is 0 Å². The van der Waals surface area contributed by atoms with E-state index in [1.165, 1.54) is 0 Å². The topological polar surface area (TPSA) is 82.5 Å². The van der Waals surface area contributed by atoms with Crippen LogP contribution in [0.3, 0.4) is 0 Å². The van der Waals surface area contributed by atoms with Crippen molar-refractivity contribution in [1.29, 1.82) is 0 Å². The highest BCUT2D eigenvalue weighted by Gasteiger charge is 2.13. The lowest BCUT2D eigenvalue weighted by atomic mass is 10.1. The predicted octanol–water partition coefficient (Wildman–Crippen LogP) is 4.15. The molecule has 0 saturated heterocycles. The quantitative estimate of drug-likeness (QED) is 0.589. The van der Waals surface area contributed by atoms with Crippen LogP contribution in [0.15, 0.2) is 35.1 Å². The summed E-state index contributed by atoms with van der Waals surface area (Å²) < 4.78 is 12.8. The summed E-state index contributed by atoms with van der Waals surface area (Å²) in [4.78, 5) is 29.9. The van der Waals surface area contributed by atoms with Crippen LogP contribution >= 0.6 is 0 Å². The molecule has 0 radical (unpaired) electrons. The SMILES string of the molecule is CCOc1ccc(OCC)c(NC(=O)CCn2c(=O)c(C)nc3cc(C)c(C)cc32)c1. The molecule has 3 aromatic rings. The van der Waals surface area contributed by atoms with Crippen molar-refractivity contribution in [1.82, 2.24) is 9.55 Å². The number of nitrogens with zero attached hydrogens (tertiary/aromatic N) is 2. The molecule has 1 heterocycles. The van der Waals surface area contributed by atoms with E-state index in [9.17, 15) is 9.59 Å². The Labute approximate surface area is 182 Å². The van der Waals surface area contributed by atoms with E-state index in [0.717, 1.165) is 22.2 Å². The van der Waals surface area contributed by atoms with Gasteiger partial charge in [0.25, 0.3) is 5.56 Å². The first kappa shape index (κ1) is 22.3. The van der Waals surface area contributed by atoms with Gasteiger partial charge in [0.1, 0.15) is 17.2 Å². The molecule has 7 heteroatoms. The van der Waals surface area contributed by atoms with Gasteiger partial charge in [-0.3, -0.25) is 9.59 Å². The molecule has 1 amide bonds. The molecular weight excluding hydrogens is 394 g/mol. The molecule has 31 heavy (non-hydrogen) atoms. The van der Waals surface area contributed by atoms with Gasteiger partial charge < -0.3 is 19.4 Å². The van der Waals surface area contributed by atoms with Crippen LogP contribution in [0.4, 0.5) is 5.69 Å². The molecule has 0 spiro atoms. The van der Waals surface area contributed by atoms with Crippen molar-refractivity contribution < 1.29 is 14.3 Å². The molecule has 164 valence electrons. The van der Waals surface area contributed by atoms with E-state index in [1.54, 1.807) is 29.7 Å². The first-order valence-corrected chi connectivity index (χ1v) is 10.5. The molecule has 1 aromatic heterocycles. The number of aryl methyl sites for hydroxylation is 4. The lowest BCUT2D eigenvalue weighted by Gasteiger charge is -2.15. The second-order valence-corrected chi connectivity index (χ2v) is 7.40. The largest absolute Gasteiger partial charge is 0.494 e. The lowest BCUT2D eigenvalue weighted by Crippen LogP contribution is -2.26. The zero-order valence-corrected chi connectivity index (χ0v) is 18.7. The van der Waals surface area contributed by atoms with E-state index in [1.807, 2.05) is 39.8 Å². The normalized spacial score (nSPS) is 10.9. The number of aromatic nitrogens is 2. The fourth-order valence-electron chi connectivity index (χ4n) is 3.42. The third kappa shape index (κ3) is 5.05. The van der Waals surface area contributed by atoms with Gasteiger partial charge in [-0.25, -0.2) is 4.98 Å². The van der Waals surface area contributed by atoms with Crippen molar-refractivity contribution in [2.75, 3.05) is 18.5 Å². The van der Waals surface area contributed by atoms with Crippen LogP contribution in [0.1, 0.15) is 37.1 Å². The van der Waals surface area contributed by atoms with E-state index in [0.29, 0.717) is 36.1 Å². The van der Waals surface area contributed by atoms with Gasteiger partial charge in [-0.2, -0.15) is 0 Å². The van der Waals surface area contributed by atoms with Crippen LogP contribution < -0.4 is 20.3 Å². The van der Waals surface area contributed by atoms with Gasteiger partial charge in [0.2, 0.25) is 5.91 Å². The minimum atomic E-state index is -0.215. The van der Waals surface area contributed by atoms with Crippen LogP contribution in [0.2, 0.25) is 0 Å². The highest BCUT2D eigenvalue weighted by molar-refractivity contribution is 5.92. The summed E-state index contributed by atoms with van der Waals surface area (Å²) >= 11 is 0. The highest BCUT2D eigenvalue weighted by atomic mass is 16.5. The summed E-state index contributed by atoms with van der Waals surface area (Å²) in [6.07, 6.45) is 0.135. The fourth-order valence-corrected chi connectivity index (χ4v) is 3.42. The van der Waals surface area contributed by atoms with Crippen LogP contribution in [0, 0.1) is 20.8 Å². The molecule has 0 saturated carbocycles. The first-order chi connectivity index (χ1) is 14.8. The molecule has 0 unspecified atom stereocenters. The first-order valence-electron chi connectivity index (χ1n) is 10.5. The number of ether oxygens (including phenoxy) is 2. The van der Waals surface area contributed by atoms with Crippen molar-refractivity contribution in [2.24, 2.45) is 0 Å². The number of carbonyl (C=O) groups is 1. The Morgan fingerprint density at radius 2 is 1.74 bits per heavy atom. The molecule has 0 fully saturated rings. The standard InChI is InChI=1S/C24H29N3O4/c1-6-30-18-8-9-22(31-7-2)20(14-18)26-23(28)10-11-27-21-13-16(4)15(3)12-19(21)25-17(5)24(27)29/h8-9,12-14H,6-7,10-11H2,1-5H3,(H,26,28). The fraction of sp³-hybridized carbons (Fsp3) is 0.375. The number of nitrogens with one attached hydrogen (secondary N) is 1. The molecule has 3 rings (SSSR count). The molecule has 2 aromatic carbocycles. The number of amides is 1. The van der Waals surface area contributed by atoms with E-state index in [4.69, 9.17) is 9.47 Å². The summed E-state index contributed by atoms with van der Waals surface area (Å²) in [5.41, 5.74) is 4.46. The molecule has 0 aliphatic rings. The molecule has 0 bridgehead atoms. The number of benzene rings is 2. The maximum atomic E-state index is 12.7. The Balaban J connectivity index is 1.84. The highest BCUT2D eigenvalue weighted by Crippen LogP contribution is 2.29. The number of carbonyl (C=O) groups excluding carboxylic acids is 1. The van der Waals surface area contributed by atoms with Crippen molar-refractivity contribution in [3.63, 3.8) is 0 Å². The summed E-state index contributed by atoms with van der Waals surface area (Å²) in [6, 6.07) is 9.26. The summed E-state index contributed by atoms with van der Waals surface area (Å²) in [5.74, 6) is 1.01. The molecule has 0 aliphatic heterocycles. The molecule has 1 N–H and O–H groups in total. The minimum absolute atomic E-state index is 0.135. The molecule has 7 nitrogen and oxygen atoms in total. The second kappa shape index (κ2) is 9.64. The van der Waals surface area contributed by atoms with Crippen LogP contribution in [-0.4, -0.2) is 28.7 Å². The average molecular weight is 424 g/mol. The predicted molar refractivity (Wildman–Crippen MR) is 122 cm³/mol. The van der Waals surface area contributed by atoms with Crippen LogP contribution in [0.5, 0.6) is 11.5 Å². The maximum Gasteiger partial charge on any atom is 0.272 e. The number of anilines is 1. The lowest BCUT2D eigenvalue weighted by molar-refractivity contribution is -0.116. The number of hydrogen-bond donors (Lipinski definition) is 1. The van der Waals surface area contributed by atoms with Gasteiger partial charge >= 0.3 is 0 Å². The Morgan fingerprint density at radius 1 is 1.03 bits per heavy atom. The summed E-state index contributed by atoms with van der Waals surface area (Å²) in [6.45, 7) is 10.7. The van der Waals surface area contributed by atoms with Crippen molar-refractivity contribution in [3.05, 3.63) is 57.5 Å². The smallest absolute Gasteiger partial charge is 0.272 e. The Morgan fingerprint density at radius 3 is 2.45 bits per heavy atom. The van der Waals surface area contributed by atoms with Gasteiger partial charge in [-0.05, 0) is 70.0 Å². The zero-order valence-electron chi connectivity index (χ0n) is 18.7. The maximum absolute atomic E-state index is 12.7. The second-order valence-electron chi connectivity index (χ2n) is 7.40. The Bertz CT molecular complexity index is 1170. The van der Waals surface area contributed by atoms with Crippen LogP contribution in [0.25, 0.3) is 11.0 Å². The third-order valence-corrected chi connectivity index (χ3v) is 5.12. The molecular formula is C24H29N3O4. The number of fused-ring (bicyclic) bond motifs is 1. The molecule has 0 atom stereocenters. The van der Waals surface area contributed by atoms with Crippen molar-refractivity contribution in [3.8, 4) is 11.5 Å². The monoisotopic (exact) mass is 423 g/mol. The number of hydrogen-bond acceptors (Lipinski definition) is 5. The average Bonchev–Trinajstić information content (AvgIpc) is 2.72. The minimum Gasteiger partial charge on any atom is -0.494 e. The summed E-state index contributed by atoms with van der Waals surface area (Å²) in [5, 5.41) is 2.89. The molecule has 0 aliphatic carbocycles. The van der Waals surface area contributed by atoms with E-state index in [-0.39, 0.29) is 24.4 Å². The van der Waals surface area contributed by atoms with Crippen LogP contribution in [-0.2, 0) is 11.3 Å². The third-order valence-electron chi connectivity index (χ3n) is 5.12. The Kier molecular flexibility index (Phi) is 6.95.